The van der Waals surface area contributed by atoms with E-state index >= 15 is 0 Å². The second-order valence-electron chi connectivity index (χ2n) is 5.76. The summed E-state index contributed by atoms with van der Waals surface area (Å²) in [6, 6.07) is 4.88. The molecule has 0 amide bonds. The van der Waals surface area contributed by atoms with Gasteiger partial charge in [0.15, 0.2) is 0 Å². The zero-order valence-corrected chi connectivity index (χ0v) is 11.5. The Morgan fingerprint density at radius 1 is 1.37 bits per heavy atom. The summed E-state index contributed by atoms with van der Waals surface area (Å²) in [6.07, 6.45) is 5.19. The predicted octanol–water partition coefficient (Wildman–Crippen LogP) is 3.52. The fourth-order valence-corrected chi connectivity index (χ4v) is 3.72. The van der Waals surface area contributed by atoms with Crippen LogP contribution in [-0.2, 0) is 4.74 Å². The first-order valence-corrected chi connectivity index (χ1v) is 7.23. The quantitative estimate of drug-likeness (QED) is 0.680. The highest BCUT2D eigenvalue weighted by Gasteiger charge is 2.39. The maximum Gasteiger partial charge on any atom is 0.340 e. The zero-order valence-electron chi connectivity index (χ0n) is 10.8. The molecule has 0 saturated heterocycles. The monoisotopic (exact) mass is 279 g/mol. The highest BCUT2D eigenvalue weighted by Crippen LogP contribution is 2.48. The number of fused-ring (bicyclic) bond motifs is 2. The Kier molecular flexibility index (Phi) is 3.40. The van der Waals surface area contributed by atoms with Gasteiger partial charge < -0.3 is 10.5 Å². The number of carbonyl (C=O) groups is 1. The molecule has 1 aromatic carbocycles. The predicted molar refractivity (Wildman–Crippen MR) is 75.1 cm³/mol. The van der Waals surface area contributed by atoms with Crippen LogP contribution in [0.2, 0.25) is 5.02 Å². The first kappa shape index (κ1) is 12.8. The second-order valence-corrected chi connectivity index (χ2v) is 6.20. The lowest BCUT2D eigenvalue weighted by Crippen LogP contribution is -2.20. The molecule has 2 fully saturated rings. The molecule has 2 aliphatic carbocycles. The fourth-order valence-electron chi connectivity index (χ4n) is 3.55. The van der Waals surface area contributed by atoms with Crippen molar-refractivity contribution in [3.63, 3.8) is 0 Å². The zero-order chi connectivity index (χ0) is 13.4. The fraction of sp³-hybridized carbons (Fsp3) is 0.533. The van der Waals surface area contributed by atoms with Gasteiger partial charge in [0.2, 0.25) is 0 Å². The van der Waals surface area contributed by atoms with Crippen LogP contribution in [0.1, 0.15) is 36.0 Å². The van der Waals surface area contributed by atoms with Crippen molar-refractivity contribution in [3.8, 4) is 0 Å². The highest BCUT2D eigenvalue weighted by molar-refractivity contribution is 6.31. The van der Waals surface area contributed by atoms with Gasteiger partial charge in [0.25, 0.3) is 0 Å². The molecule has 0 radical (unpaired) electrons. The van der Waals surface area contributed by atoms with Crippen molar-refractivity contribution in [2.24, 2.45) is 17.8 Å². The van der Waals surface area contributed by atoms with Crippen LogP contribution < -0.4 is 5.73 Å². The number of nitrogens with two attached hydrogens (primary N) is 1. The molecule has 3 nitrogen and oxygen atoms in total. The molecule has 2 saturated carbocycles. The molecule has 0 aromatic heterocycles. The number of nitrogen functional groups attached to an aromatic ring is 1. The normalized spacial score (nSPS) is 28.6. The van der Waals surface area contributed by atoms with Gasteiger partial charge in [-0.2, -0.15) is 0 Å². The second kappa shape index (κ2) is 5.04. The van der Waals surface area contributed by atoms with Crippen LogP contribution in [0.25, 0.3) is 0 Å². The molecule has 3 unspecified atom stereocenters. The summed E-state index contributed by atoms with van der Waals surface area (Å²) in [7, 11) is 0. The molecule has 0 spiro atoms. The summed E-state index contributed by atoms with van der Waals surface area (Å²) in [4.78, 5) is 12.0. The average molecular weight is 280 g/mol. The molecule has 19 heavy (non-hydrogen) atoms. The van der Waals surface area contributed by atoms with Crippen molar-refractivity contribution in [1.29, 1.82) is 0 Å². The van der Waals surface area contributed by atoms with Crippen molar-refractivity contribution >= 4 is 23.3 Å². The van der Waals surface area contributed by atoms with E-state index in [-0.39, 0.29) is 5.97 Å². The number of carbonyl (C=O) groups excluding carboxylic acids is 1. The number of benzene rings is 1. The molecule has 2 bridgehead atoms. The van der Waals surface area contributed by atoms with Crippen molar-refractivity contribution in [2.45, 2.75) is 25.7 Å². The van der Waals surface area contributed by atoms with Gasteiger partial charge >= 0.3 is 5.97 Å². The lowest BCUT2D eigenvalue weighted by molar-refractivity contribution is 0.0395. The van der Waals surface area contributed by atoms with Crippen LogP contribution in [0.4, 0.5) is 5.69 Å². The Bertz CT molecular complexity index is 503. The number of halogens is 1. The standard InChI is InChI=1S/C15H18ClNO2/c16-12-3-4-14(17)13(7-12)15(18)19-8-11-6-9-1-2-10(11)5-9/h3-4,7,9-11H,1-2,5-6,8,17H2. The van der Waals surface area contributed by atoms with E-state index in [0.29, 0.717) is 28.8 Å². The average Bonchev–Trinajstić information content (AvgIpc) is 3.01. The molecular formula is C15H18ClNO2. The van der Waals surface area contributed by atoms with E-state index < -0.39 is 0 Å². The third-order valence-corrected chi connectivity index (χ3v) is 4.78. The molecule has 4 heteroatoms. The Hall–Kier alpha value is -1.22. The lowest BCUT2D eigenvalue weighted by Gasteiger charge is -2.21. The SMILES string of the molecule is Nc1ccc(Cl)cc1C(=O)OCC1CC2CCC1C2. The third-order valence-electron chi connectivity index (χ3n) is 4.55. The number of rotatable bonds is 3. The van der Waals surface area contributed by atoms with Crippen molar-refractivity contribution in [1.82, 2.24) is 0 Å². The third kappa shape index (κ3) is 2.57. The van der Waals surface area contributed by atoms with Crippen LogP contribution in [-0.4, -0.2) is 12.6 Å². The summed E-state index contributed by atoms with van der Waals surface area (Å²) >= 11 is 5.88. The van der Waals surface area contributed by atoms with Gasteiger partial charge in [-0.1, -0.05) is 18.0 Å². The van der Waals surface area contributed by atoms with E-state index in [9.17, 15) is 4.79 Å². The van der Waals surface area contributed by atoms with Gasteiger partial charge in [0, 0.05) is 10.7 Å². The lowest BCUT2D eigenvalue weighted by atomic mass is 9.89. The molecule has 3 rings (SSSR count). The topological polar surface area (TPSA) is 52.3 Å². The van der Waals surface area contributed by atoms with E-state index in [2.05, 4.69) is 0 Å². The molecule has 2 aliphatic rings. The van der Waals surface area contributed by atoms with E-state index in [0.717, 1.165) is 11.8 Å². The smallest absolute Gasteiger partial charge is 0.340 e. The summed E-state index contributed by atoms with van der Waals surface area (Å²) in [6.45, 7) is 0.520. The molecule has 3 atom stereocenters. The Balaban J connectivity index is 1.61. The van der Waals surface area contributed by atoms with Crippen molar-refractivity contribution in [2.75, 3.05) is 12.3 Å². The van der Waals surface area contributed by atoms with Crippen molar-refractivity contribution < 1.29 is 9.53 Å². The van der Waals surface area contributed by atoms with E-state index in [4.69, 9.17) is 22.1 Å². The van der Waals surface area contributed by atoms with Gasteiger partial charge in [0.05, 0.1) is 12.2 Å². The van der Waals surface area contributed by atoms with Gasteiger partial charge in [-0.15, -0.1) is 0 Å². The number of ether oxygens (including phenoxy) is 1. The minimum absolute atomic E-state index is 0.359. The summed E-state index contributed by atoms with van der Waals surface area (Å²) < 4.78 is 5.42. The van der Waals surface area contributed by atoms with Crippen LogP contribution >= 0.6 is 11.6 Å². The Morgan fingerprint density at radius 2 is 2.21 bits per heavy atom. The summed E-state index contributed by atoms with van der Waals surface area (Å²) in [5, 5.41) is 0.501. The van der Waals surface area contributed by atoms with E-state index in [1.807, 2.05) is 0 Å². The van der Waals surface area contributed by atoms with Gasteiger partial charge in [-0.3, -0.25) is 0 Å². The van der Waals surface area contributed by atoms with Crippen LogP contribution in [0.15, 0.2) is 18.2 Å². The van der Waals surface area contributed by atoms with Crippen LogP contribution in [0.3, 0.4) is 0 Å². The molecule has 1 aromatic rings. The first-order chi connectivity index (χ1) is 9.13. The highest BCUT2D eigenvalue weighted by atomic mass is 35.5. The number of esters is 1. The van der Waals surface area contributed by atoms with Crippen molar-refractivity contribution in [3.05, 3.63) is 28.8 Å². The van der Waals surface area contributed by atoms with Crippen LogP contribution in [0.5, 0.6) is 0 Å². The number of anilines is 1. The van der Waals surface area contributed by atoms with E-state index in [1.165, 1.54) is 25.7 Å². The molecule has 102 valence electrons. The minimum Gasteiger partial charge on any atom is -0.462 e. The molecular weight excluding hydrogens is 262 g/mol. The van der Waals surface area contributed by atoms with Crippen LogP contribution in [0, 0.1) is 17.8 Å². The Labute approximate surface area is 118 Å². The van der Waals surface area contributed by atoms with Gasteiger partial charge in [-0.05, 0) is 55.2 Å². The summed E-state index contributed by atoms with van der Waals surface area (Å²) in [5.41, 5.74) is 6.56. The van der Waals surface area contributed by atoms with E-state index in [1.54, 1.807) is 18.2 Å². The molecule has 0 aliphatic heterocycles. The molecule has 0 heterocycles. The molecule has 2 N–H and O–H groups in total. The summed E-state index contributed by atoms with van der Waals surface area (Å²) in [5.74, 6) is 1.81. The number of hydrogen-bond donors (Lipinski definition) is 1. The largest absolute Gasteiger partial charge is 0.462 e. The number of hydrogen-bond acceptors (Lipinski definition) is 3. The van der Waals surface area contributed by atoms with Gasteiger partial charge in [-0.25, -0.2) is 4.79 Å². The first-order valence-electron chi connectivity index (χ1n) is 6.85. The minimum atomic E-state index is -0.359. The van der Waals surface area contributed by atoms with Gasteiger partial charge in [0.1, 0.15) is 0 Å². The Morgan fingerprint density at radius 3 is 2.89 bits per heavy atom. The maximum atomic E-state index is 12.0. The maximum absolute atomic E-state index is 12.0.